The minimum absolute atomic E-state index is 0.332. The van der Waals surface area contributed by atoms with Crippen LogP contribution in [0.2, 0.25) is 0 Å². The first-order valence-electron chi connectivity index (χ1n) is 5.41. The normalized spacial score (nSPS) is 12.7. The van der Waals surface area contributed by atoms with Gasteiger partial charge >= 0.3 is 0 Å². The van der Waals surface area contributed by atoms with E-state index in [9.17, 15) is 4.39 Å². The van der Waals surface area contributed by atoms with Crippen molar-refractivity contribution in [1.82, 2.24) is 0 Å². The van der Waals surface area contributed by atoms with Crippen LogP contribution in [-0.4, -0.2) is 0 Å². The third-order valence-corrected chi connectivity index (χ3v) is 3.34. The lowest BCUT2D eigenvalue weighted by atomic mass is 10.1. The molecule has 1 unspecified atom stereocenters. The molecule has 1 aromatic heterocycles. The molecule has 0 radical (unpaired) electrons. The number of benzene rings is 1. The highest BCUT2D eigenvalue weighted by molar-refractivity contribution is 9.10. The number of aryl methyl sites for hydroxylation is 1. The van der Waals surface area contributed by atoms with Gasteiger partial charge in [-0.25, -0.2) is 4.39 Å². The first-order chi connectivity index (χ1) is 8.13. The quantitative estimate of drug-likeness (QED) is 0.936. The molecule has 0 aliphatic heterocycles. The van der Waals surface area contributed by atoms with Gasteiger partial charge in [0.05, 0.1) is 6.04 Å². The fourth-order valence-electron chi connectivity index (χ4n) is 1.70. The van der Waals surface area contributed by atoms with Crippen molar-refractivity contribution in [2.75, 3.05) is 0 Å². The highest BCUT2D eigenvalue weighted by Crippen LogP contribution is 2.30. The summed E-state index contributed by atoms with van der Waals surface area (Å²) >= 11 is 3.31. The van der Waals surface area contributed by atoms with Crippen LogP contribution in [0.1, 0.15) is 30.0 Å². The Bertz CT molecular complexity index is 504. The summed E-state index contributed by atoms with van der Waals surface area (Å²) in [6.07, 6.45) is 0.797. The maximum absolute atomic E-state index is 13.7. The van der Waals surface area contributed by atoms with Crippen molar-refractivity contribution < 1.29 is 8.81 Å². The van der Waals surface area contributed by atoms with Crippen LogP contribution in [0.4, 0.5) is 4.39 Å². The Labute approximate surface area is 108 Å². The van der Waals surface area contributed by atoms with Gasteiger partial charge in [-0.05, 0) is 24.3 Å². The number of nitrogens with two attached hydrogens (primary N) is 1. The third-order valence-electron chi connectivity index (χ3n) is 2.65. The predicted molar refractivity (Wildman–Crippen MR) is 68.2 cm³/mol. The topological polar surface area (TPSA) is 39.2 Å². The van der Waals surface area contributed by atoms with Crippen LogP contribution in [0.3, 0.4) is 0 Å². The first kappa shape index (κ1) is 12.3. The van der Waals surface area contributed by atoms with Gasteiger partial charge in [0.2, 0.25) is 0 Å². The molecule has 90 valence electrons. The summed E-state index contributed by atoms with van der Waals surface area (Å²) < 4.78 is 19.9. The summed E-state index contributed by atoms with van der Waals surface area (Å²) in [5.41, 5.74) is 6.44. The van der Waals surface area contributed by atoms with Gasteiger partial charge in [-0.3, -0.25) is 0 Å². The molecule has 1 heterocycles. The van der Waals surface area contributed by atoms with E-state index in [4.69, 9.17) is 10.2 Å². The summed E-state index contributed by atoms with van der Waals surface area (Å²) in [4.78, 5) is 0. The zero-order valence-electron chi connectivity index (χ0n) is 9.41. The van der Waals surface area contributed by atoms with Gasteiger partial charge in [0.15, 0.2) is 0 Å². The van der Waals surface area contributed by atoms with Crippen molar-refractivity contribution in [1.29, 1.82) is 0 Å². The van der Waals surface area contributed by atoms with Gasteiger partial charge in [0.1, 0.15) is 17.3 Å². The van der Waals surface area contributed by atoms with E-state index in [1.165, 1.54) is 6.07 Å². The zero-order chi connectivity index (χ0) is 12.4. The summed E-state index contributed by atoms with van der Waals surface area (Å²) in [6, 6.07) is 7.86. The Hall–Kier alpha value is -1.13. The van der Waals surface area contributed by atoms with E-state index in [2.05, 4.69) is 15.9 Å². The average Bonchev–Trinajstić information content (AvgIpc) is 2.77. The molecule has 2 aromatic rings. The molecule has 2 nitrogen and oxygen atoms in total. The molecule has 0 fully saturated rings. The number of furan rings is 1. The Balaban J connectivity index is 2.39. The lowest BCUT2D eigenvalue weighted by Crippen LogP contribution is -2.13. The highest BCUT2D eigenvalue weighted by Gasteiger charge is 2.19. The zero-order valence-corrected chi connectivity index (χ0v) is 11.0. The van der Waals surface area contributed by atoms with E-state index in [1.54, 1.807) is 18.2 Å². The second-order valence-electron chi connectivity index (χ2n) is 3.77. The molecule has 0 aliphatic rings. The van der Waals surface area contributed by atoms with Crippen LogP contribution >= 0.6 is 15.9 Å². The maximum Gasteiger partial charge on any atom is 0.129 e. The molecule has 0 saturated carbocycles. The molecule has 17 heavy (non-hydrogen) atoms. The van der Waals surface area contributed by atoms with Gasteiger partial charge in [0.25, 0.3) is 0 Å². The lowest BCUT2D eigenvalue weighted by molar-refractivity contribution is 0.447. The fraction of sp³-hybridized carbons (Fsp3) is 0.231. The standard InChI is InChI=1S/C13H13BrFNO/c1-2-8-6-7-11(17-8)13(16)12-9(14)4-3-5-10(12)15/h3-7,13H,2,16H2,1H3. The van der Waals surface area contributed by atoms with Gasteiger partial charge in [0, 0.05) is 16.5 Å². The number of rotatable bonds is 3. The smallest absolute Gasteiger partial charge is 0.129 e. The van der Waals surface area contributed by atoms with Crippen molar-refractivity contribution in [3.05, 3.63) is 57.7 Å². The molecule has 1 atom stereocenters. The van der Waals surface area contributed by atoms with Crippen molar-refractivity contribution in [2.45, 2.75) is 19.4 Å². The maximum atomic E-state index is 13.7. The average molecular weight is 298 g/mol. The Morgan fingerprint density at radius 1 is 1.35 bits per heavy atom. The third kappa shape index (κ3) is 2.42. The summed E-state index contributed by atoms with van der Waals surface area (Å²) in [5, 5.41) is 0. The molecular formula is C13H13BrFNO. The van der Waals surface area contributed by atoms with E-state index in [-0.39, 0.29) is 5.82 Å². The van der Waals surface area contributed by atoms with Crippen LogP contribution in [-0.2, 0) is 6.42 Å². The van der Waals surface area contributed by atoms with Crippen LogP contribution < -0.4 is 5.73 Å². The van der Waals surface area contributed by atoms with Crippen LogP contribution in [0, 0.1) is 5.82 Å². The second-order valence-corrected chi connectivity index (χ2v) is 4.62. The van der Waals surface area contributed by atoms with E-state index < -0.39 is 6.04 Å². The molecule has 0 amide bonds. The van der Waals surface area contributed by atoms with E-state index in [1.807, 2.05) is 13.0 Å². The number of hydrogen-bond donors (Lipinski definition) is 1. The SMILES string of the molecule is CCc1ccc(C(N)c2c(F)cccc2Br)o1. The second kappa shape index (κ2) is 5.02. The van der Waals surface area contributed by atoms with Crippen molar-refractivity contribution in [3.8, 4) is 0 Å². The van der Waals surface area contributed by atoms with Gasteiger partial charge in [-0.15, -0.1) is 0 Å². The molecule has 2 rings (SSSR count). The van der Waals surface area contributed by atoms with Crippen molar-refractivity contribution in [3.63, 3.8) is 0 Å². The summed E-state index contributed by atoms with van der Waals surface area (Å²) in [5.74, 6) is 1.09. The Morgan fingerprint density at radius 3 is 2.71 bits per heavy atom. The lowest BCUT2D eigenvalue weighted by Gasteiger charge is -2.12. The molecule has 0 bridgehead atoms. The Kier molecular flexibility index (Phi) is 3.64. The molecule has 1 aromatic carbocycles. The molecule has 0 saturated heterocycles. The van der Waals surface area contributed by atoms with Crippen molar-refractivity contribution in [2.24, 2.45) is 5.73 Å². The minimum atomic E-state index is -0.592. The fourth-order valence-corrected chi connectivity index (χ4v) is 2.29. The molecule has 4 heteroatoms. The monoisotopic (exact) mass is 297 g/mol. The predicted octanol–water partition coefficient (Wildman–Crippen LogP) is 3.79. The van der Waals surface area contributed by atoms with Crippen LogP contribution in [0.5, 0.6) is 0 Å². The van der Waals surface area contributed by atoms with Gasteiger partial charge in [-0.2, -0.15) is 0 Å². The Morgan fingerprint density at radius 2 is 2.12 bits per heavy atom. The molecule has 0 aliphatic carbocycles. The highest BCUT2D eigenvalue weighted by atomic mass is 79.9. The largest absolute Gasteiger partial charge is 0.464 e. The van der Waals surface area contributed by atoms with E-state index in [0.29, 0.717) is 15.8 Å². The first-order valence-corrected chi connectivity index (χ1v) is 6.21. The molecule has 0 spiro atoms. The van der Waals surface area contributed by atoms with Crippen LogP contribution in [0.15, 0.2) is 39.2 Å². The van der Waals surface area contributed by atoms with E-state index >= 15 is 0 Å². The number of hydrogen-bond acceptors (Lipinski definition) is 2. The number of halogens is 2. The molecule has 2 N–H and O–H groups in total. The minimum Gasteiger partial charge on any atom is -0.464 e. The summed E-state index contributed by atoms with van der Waals surface area (Å²) in [7, 11) is 0. The summed E-state index contributed by atoms with van der Waals surface area (Å²) in [6.45, 7) is 1.99. The molecular weight excluding hydrogens is 285 g/mol. The van der Waals surface area contributed by atoms with Crippen LogP contribution in [0.25, 0.3) is 0 Å². The van der Waals surface area contributed by atoms with Gasteiger partial charge in [-0.1, -0.05) is 28.9 Å². The van der Waals surface area contributed by atoms with Crippen molar-refractivity contribution >= 4 is 15.9 Å². The van der Waals surface area contributed by atoms with E-state index in [0.717, 1.165) is 12.2 Å². The van der Waals surface area contributed by atoms with Gasteiger partial charge < -0.3 is 10.2 Å².